The monoisotopic (exact) mass is 1220 g/mol. The maximum atomic E-state index is 2.59. The molecule has 96 heavy (non-hydrogen) atoms. The van der Waals surface area contributed by atoms with E-state index in [4.69, 9.17) is 0 Å². The molecule has 448 valence electrons. The average Bonchev–Trinajstić information content (AvgIpc) is 1.51. The lowest BCUT2D eigenvalue weighted by atomic mass is 9.67. The highest BCUT2D eigenvalue weighted by Crippen LogP contribution is 2.65. The van der Waals surface area contributed by atoms with E-state index in [1.807, 2.05) is 0 Å². The van der Waals surface area contributed by atoms with Gasteiger partial charge in [-0.1, -0.05) is 291 Å². The fraction of sp³-hybridized carbons (Fsp3) is 0.0426. The van der Waals surface area contributed by atoms with Crippen molar-refractivity contribution in [2.45, 2.75) is 23.2 Å². The summed E-state index contributed by atoms with van der Waals surface area (Å²) in [5.41, 5.74) is 36.0. The van der Waals surface area contributed by atoms with E-state index < -0.39 is 16.2 Å². The van der Waals surface area contributed by atoms with Crippen LogP contribution in [0.2, 0.25) is 0 Å². The number of rotatable bonds is 8. The van der Waals surface area contributed by atoms with E-state index >= 15 is 0 Å². The Balaban J connectivity index is 0.897. The van der Waals surface area contributed by atoms with Crippen LogP contribution in [-0.2, 0) is 16.2 Å². The average molecular weight is 1220 g/mol. The van der Waals surface area contributed by atoms with Crippen LogP contribution >= 0.6 is 0 Å². The molecule has 15 aromatic rings. The van der Waals surface area contributed by atoms with E-state index in [0.29, 0.717) is 0 Å². The first-order valence-corrected chi connectivity index (χ1v) is 33.6. The second-order valence-electron chi connectivity index (χ2n) is 26.7. The number of fused-ring (bicyclic) bond motifs is 22. The van der Waals surface area contributed by atoms with Crippen molar-refractivity contribution in [1.82, 2.24) is 0 Å². The standard InChI is InChI=1S/C94H62N2/c1-92-66-33-25-28-62(56-66)71-35-17-23-46-89(71)95(68-49-53-77(86(92)59-68)72-36-11-18-41-81(72)92)67-51-55-91(80(58-67)63-48-52-78-76-40-15-22-45-85(76)94(87(78)57-63)83-43-20-13-37-73(83)74-38-14-21-44-84(74)94)96(90-47-24-16-34-70(90)61-26-5-2-6-27-61)69-50-54-79-75-39-12-19-42-82(75)93(88(79)60-69,64-29-7-3-8-30-64)65-31-9-4-10-32-65/h2-60H,1H3. The molecule has 4 bridgehead atoms. The number of hydrogen-bond donors (Lipinski definition) is 0. The normalized spacial score (nSPS) is 15.3. The van der Waals surface area contributed by atoms with Gasteiger partial charge in [0.2, 0.25) is 0 Å². The summed E-state index contributed by atoms with van der Waals surface area (Å²) in [6.07, 6.45) is 0. The largest absolute Gasteiger partial charge is 0.310 e. The fourth-order valence-corrected chi connectivity index (χ4v) is 18.1. The number of anilines is 6. The lowest BCUT2D eigenvalue weighted by molar-refractivity contribution is 0.714. The van der Waals surface area contributed by atoms with E-state index in [-0.39, 0.29) is 0 Å². The third-order valence-electron chi connectivity index (χ3n) is 22.2. The molecule has 0 saturated carbocycles. The summed E-state index contributed by atoms with van der Waals surface area (Å²) in [6.45, 7) is 2.44. The van der Waals surface area contributed by atoms with Crippen LogP contribution in [0.25, 0.3) is 77.9 Å². The summed E-state index contributed by atoms with van der Waals surface area (Å²) >= 11 is 0. The molecule has 0 saturated heterocycles. The Labute approximate surface area is 560 Å². The molecular formula is C94H62N2. The van der Waals surface area contributed by atoms with Gasteiger partial charge in [0.15, 0.2) is 0 Å². The van der Waals surface area contributed by atoms with Gasteiger partial charge in [-0.2, -0.15) is 0 Å². The van der Waals surface area contributed by atoms with E-state index in [0.717, 1.165) is 56.4 Å². The summed E-state index contributed by atoms with van der Waals surface area (Å²) in [7, 11) is 0. The second-order valence-corrected chi connectivity index (χ2v) is 26.7. The maximum absolute atomic E-state index is 2.59. The molecule has 0 N–H and O–H groups in total. The third kappa shape index (κ3) is 7.41. The molecule has 4 aliphatic carbocycles. The highest BCUT2D eigenvalue weighted by Gasteiger charge is 2.52. The Bertz CT molecular complexity index is 5600. The summed E-state index contributed by atoms with van der Waals surface area (Å²) in [5, 5.41) is 0. The predicted molar refractivity (Wildman–Crippen MR) is 397 cm³/mol. The topological polar surface area (TPSA) is 6.48 Å². The van der Waals surface area contributed by atoms with Gasteiger partial charge in [0.1, 0.15) is 0 Å². The number of para-hydroxylation sites is 2. The Hall–Kier alpha value is -12.1. The van der Waals surface area contributed by atoms with Crippen LogP contribution < -0.4 is 9.80 Å². The van der Waals surface area contributed by atoms with Crippen molar-refractivity contribution in [2.24, 2.45) is 0 Å². The van der Waals surface area contributed by atoms with E-state index in [9.17, 15) is 0 Å². The van der Waals surface area contributed by atoms with Crippen LogP contribution in [-0.4, -0.2) is 0 Å². The molecule has 0 radical (unpaired) electrons. The summed E-state index contributed by atoms with van der Waals surface area (Å²) in [4.78, 5) is 5.13. The molecule has 20 rings (SSSR count). The quantitative estimate of drug-likeness (QED) is 0.150. The Kier molecular flexibility index (Phi) is 11.7. The van der Waals surface area contributed by atoms with Gasteiger partial charge in [-0.05, 0) is 196 Å². The number of hydrogen-bond acceptors (Lipinski definition) is 2. The van der Waals surface area contributed by atoms with E-state index in [2.05, 4.69) is 375 Å². The van der Waals surface area contributed by atoms with Crippen LogP contribution in [0.1, 0.15) is 68.1 Å². The minimum absolute atomic E-state index is 0.400. The van der Waals surface area contributed by atoms with Gasteiger partial charge in [-0.25, -0.2) is 0 Å². The molecule has 1 aliphatic heterocycles. The van der Waals surface area contributed by atoms with Gasteiger partial charge < -0.3 is 9.80 Å². The Morgan fingerprint density at radius 1 is 0.229 bits per heavy atom. The maximum Gasteiger partial charge on any atom is 0.0725 e. The molecule has 5 aliphatic rings. The van der Waals surface area contributed by atoms with Crippen molar-refractivity contribution in [3.05, 3.63) is 419 Å². The van der Waals surface area contributed by atoms with Crippen molar-refractivity contribution < 1.29 is 0 Å². The first-order chi connectivity index (χ1) is 47.5. The van der Waals surface area contributed by atoms with Crippen LogP contribution in [0.5, 0.6) is 0 Å². The molecule has 1 unspecified atom stereocenters. The van der Waals surface area contributed by atoms with E-state index in [1.54, 1.807) is 0 Å². The van der Waals surface area contributed by atoms with Crippen molar-refractivity contribution in [3.8, 4) is 77.9 Å². The van der Waals surface area contributed by atoms with Crippen molar-refractivity contribution >= 4 is 34.1 Å². The summed E-state index contributed by atoms with van der Waals surface area (Å²) in [6, 6.07) is 136. The zero-order valence-electron chi connectivity index (χ0n) is 53.0. The highest BCUT2D eigenvalue weighted by molar-refractivity contribution is 6.02. The second kappa shape index (κ2) is 20.7. The SMILES string of the molecule is CC12c3cccc(c3)-c3ccccc3N(c3ccc(N(c4ccc5c(c4)C(c4ccccc4)(c4ccccc4)c4ccccc4-5)c4ccccc4-c4ccccc4)c(-c4ccc5c(c4)C4(c6ccccc6-c6ccccc64)c4ccccc4-5)c3)c3ccc(c1c3)-c1ccccc12. The zero-order chi connectivity index (χ0) is 63.3. The van der Waals surface area contributed by atoms with Crippen molar-refractivity contribution in [1.29, 1.82) is 0 Å². The van der Waals surface area contributed by atoms with Crippen LogP contribution in [0.4, 0.5) is 34.1 Å². The van der Waals surface area contributed by atoms with Gasteiger partial charge in [0.25, 0.3) is 0 Å². The summed E-state index contributed by atoms with van der Waals surface area (Å²) in [5.74, 6) is 0. The third-order valence-corrected chi connectivity index (χ3v) is 22.2. The molecule has 2 heteroatoms. The summed E-state index contributed by atoms with van der Waals surface area (Å²) < 4.78 is 0. The van der Waals surface area contributed by atoms with Crippen LogP contribution in [0.3, 0.4) is 0 Å². The zero-order valence-corrected chi connectivity index (χ0v) is 53.0. The number of benzene rings is 15. The van der Waals surface area contributed by atoms with Gasteiger partial charge >= 0.3 is 0 Å². The number of nitrogens with zero attached hydrogens (tertiary/aromatic N) is 2. The van der Waals surface area contributed by atoms with Crippen LogP contribution in [0.15, 0.2) is 358 Å². The first-order valence-electron chi connectivity index (χ1n) is 33.6. The van der Waals surface area contributed by atoms with Crippen LogP contribution in [0, 0.1) is 0 Å². The highest BCUT2D eigenvalue weighted by atomic mass is 15.2. The molecule has 2 nitrogen and oxygen atoms in total. The van der Waals surface area contributed by atoms with Gasteiger partial charge in [0.05, 0.1) is 27.9 Å². The molecule has 15 aromatic carbocycles. The molecule has 1 spiro atoms. The van der Waals surface area contributed by atoms with Gasteiger partial charge in [-0.3, -0.25) is 0 Å². The Morgan fingerprint density at radius 3 is 1.28 bits per heavy atom. The minimum atomic E-state index is -0.637. The smallest absolute Gasteiger partial charge is 0.0725 e. The Morgan fingerprint density at radius 2 is 0.646 bits per heavy atom. The fourth-order valence-electron chi connectivity index (χ4n) is 18.1. The minimum Gasteiger partial charge on any atom is -0.310 e. The molecular weight excluding hydrogens is 1160 g/mol. The lowest BCUT2D eigenvalue weighted by Gasteiger charge is -2.36. The van der Waals surface area contributed by atoms with E-state index in [1.165, 1.54) is 117 Å². The molecule has 0 fully saturated rings. The predicted octanol–water partition coefficient (Wildman–Crippen LogP) is 24.0. The molecule has 1 heterocycles. The van der Waals surface area contributed by atoms with Crippen molar-refractivity contribution in [3.63, 3.8) is 0 Å². The first kappa shape index (κ1) is 54.5. The molecule has 0 aromatic heterocycles. The van der Waals surface area contributed by atoms with Gasteiger partial charge in [-0.15, -0.1) is 0 Å². The van der Waals surface area contributed by atoms with Crippen molar-refractivity contribution in [2.75, 3.05) is 9.80 Å². The molecule has 0 amide bonds. The molecule has 1 atom stereocenters. The lowest BCUT2D eigenvalue weighted by Crippen LogP contribution is -2.28. The van der Waals surface area contributed by atoms with Gasteiger partial charge in [0, 0.05) is 39.2 Å².